The van der Waals surface area contributed by atoms with Crippen LogP contribution < -0.4 is 10.6 Å². The summed E-state index contributed by atoms with van der Waals surface area (Å²) in [5, 5.41) is 10.0. The lowest BCUT2D eigenvalue weighted by Crippen LogP contribution is -2.42. The first kappa shape index (κ1) is 15.6. The minimum absolute atomic E-state index is 0.347. The van der Waals surface area contributed by atoms with E-state index in [9.17, 15) is 9.59 Å². The Hall–Kier alpha value is -2.97. The van der Waals surface area contributed by atoms with Crippen LogP contribution in [0.1, 0.15) is 24.5 Å². The Labute approximate surface area is 144 Å². The number of carbonyl (C=O) groups is 2. The summed E-state index contributed by atoms with van der Waals surface area (Å²) in [7, 11) is 0. The van der Waals surface area contributed by atoms with Crippen LogP contribution in [0.2, 0.25) is 0 Å². The average molecular weight is 341 g/mol. The number of carbonyl (C=O) groups excluding carboxylic acids is 2. The van der Waals surface area contributed by atoms with Crippen LogP contribution in [0.4, 0.5) is 9.59 Å². The Morgan fingerprint density at radius 3 is 2.88 bits per heavy atom. The van der Waals surface area contributed by atoms with Crippen LogP contribution in [0.25, 0.3) is 11.4 Å². The SMILES string of the molecule is O=C1NCCN1C(=O)NCCn1nc(-c2cnccn2)cc1C1CC1. The van der Waals surface area contributed by atoms with E-state index in [-0.39, 0.29) is 12.1 Å². The summed E-state index contributed by atoms with van der Waals surface area (Å²) < 4.78 is 1.92. The Bertz CT molecular complexity index is 785. The third-order valence-electron chi connectivity index (χ3n) is 4.33. The van der Waals surface area contributed by atoms with E-state index in [0.29, 0.717) is 32.1 Å². The highest BCUT2D eigenvalue weighted by atomic mass is 16.2. The molecule has 1 aliphatic heterocycles. The molecular weight excluding hydrogens is 322 g/mol. The monoisotopic (exact) mass is 341 g/mol. The molecule has 0 radical (unpaired) electrons. The van der Waals surface area contributed by atoms with Crippen LogP contribution >= 0.6 is 0 Å². The Balaban J connectivity index is 1.42. The van der Waals surface area contributed by atoms with Crippen molar-refractivity contribution >= 4 is 12.1 Å². The van der Waals surface area contributed by atoms with Gasteiger partial charge in [0.25, 0.3) is 0 Å². The molecule has 0 bridgehead atoms. The van der Waals surface area contributed by atoms with Gasteiger partial charge in [-0.3, -0.25) is 14.6 Å². The molecule has 4 rings (SSSR count). The molecule has 1 aliphatic carbocycles. The van der Waals surface area contributed by atoms with Gasteiger partial charge in [-0.2, -0.15) is 5.10 Å². The predicted octanol–water partition coefficient (Wildman–Crippen LogP) is 0.952. The molecule has 25 heavy (non-hydrogen) atoms. The minimum Gasteiger partial charge on any atom is -0.336 e. The lowest BCUT2D eigenvalue weighted by molar-refractivity contribution is 0.198. The largest absolute Gasteiger partial charge is 0.336 e. The van der Waals surface area contributed by atoms with Crippen LogP contribution in [-0.4, -0.2) is 56.3 Å². The zero-order valence-corrected chi connectivity index (χ0v) is 13.7. The lowest BCUT2D eigenvalue weighted by atomic mass is 10.2. The van der Waals surface area contributed by atoms with Crippen LogP contribution in [-0.2, 0) is 6.54 Å². The second-order valence-electron chi connectivity index (χ2n) is 6.16. The summed E-state index contributed by atoms with van der Waals surface area (Å²) in [4.78, 5) is 33.0. The number of nitrogens with zero attached hydrogens (tertiary/aromatic N) is 5. The van der Waals surface area contributed by atoms with Crippen LogP contribution in [0.15, 0.2) is 24.7 Å². The highest BCUT2D eigenvalue weighted by Crippen LogP contribution is 2.41. The van der Waals surface area contributed by atoms with Crippen molar-refractivity contribution in [3.63, 3.8) is 0 Å². The fourth-order valence-electron chi connectivity index (χ4n) is 2.90. The topological polar surface area (TPSA) is 105 Å². The molecule has 0 unspecified atom stereocenters. The Morgan fingerprint density at radius 2 is 2.20 bits per heavy atom. The van der Waals surface area contributed by atoms with Crippen molar-refractivity contribution in [1.82, 2.24) is 35.3 Å². The number of urea groups is 2. The van der Waals surface area contributed by atoms with Crippen molar-refractivity contribution in [2.75, 3.05) is 19.6 Å². The molecule has 4 amide bonds. The Kier molecular flexibility index (Phi) is 4.04. The fourth-order valence-corrected chi connectivity index (χ4v) is 2.90. The van der Waals surface area contributed by atoms with Crippen molar-refractivity contribution < 1.29 is 9.59 Å². The number of imide groups is 1. The molecule has 9 heteroatoms. The summed E-state index contributed by atoms with van der Waals surface area (Å²) in [6.45, 7) is 1.85. The molecule has 0 spiro atoms. The second-order valence-corrected chi connectivity index (χ2v) is 6.16. The first-order valence-corrected chi connectivity index (χ1v) is 8.39. The van der Waals surface area contributed by atoms with Gasteiger partial charge >= 0.3 is 12.1 Å². The highest BCUT2D eigenvalue weighted by molar-refractivity contribution is 5.94. The van der Waals surface area contributed by atoms with Gasteiger partial charge in [-0.1, -0.05) is 0 Å². The molecule has 3 heterocycles. The standard InChI is InChI=1S/C16H19N7O2/c24-15-19-5-7-22(15)16(25)20-6-8-23-14(11-1-2-11)9-12(21-23)13-10-17-3-4-18-13/h3-4,9-11H,1-2,5-8H2,(H,19,24)(H,20,25). The van der Waals surface area contributed by atoms with Crippen LogP contribution in [0.5, 0.6) is 0 Å². The van der Waals surface area contributed by atoms with Gasteiger partial charge in [-0.05, 0) is 18.9 Å². The summed E-state index contributed by atoms with van der Waals surface area (Å²) >= 11 is 0. The van der Waals surface area contributed by atoms with Crippen molar-refractivity contribution in [1.29, 1.82) is 0 Å². The molecule has 2 aliphatic rings. The van der Waals surface area contributed by atoms with E-state index in [1.165, 1.54) is 4.90 Å². The second kappa shape index (κ2) is 6.50. The third-order valence-corrected chi connectivity index (χ3v) is 4.33. The predicted molar refractivity (Wildman–Crippen MR) is 88.7 cm³/mol. The van der Waals surface area contributed by atoms with Crippen molar-refractivity contribution in [3.05, 3.63) is 30.4 Å². The molecule has 2 aromatic rings. The number of amides is 4. The van der Waals surface area contributed by atoms with Gasteiger partial charge in [0.15, 0.2) is 0 Å². The van der Waals surface area contributed by atoms with E-state index in [1.54, 1.807) is 18.6 Å². The first-order chi connectivity index (χ1) is 12.2. The first-order valence-electron chi connectivity index (χ1n) is 8.39. The van der Waals surface area contributed by atoms with Gasteiger partial charge in [-0.15, -0.1) is 0 Å². The molecule has 0 atom stereocenters. The average Bonchev–Trinajstić information content (AvgIpc) is 3.24. The zero-order valence-electron chi connectivity index (χ0n) is 13.7. The Morgan fingerprint density at radius 1 is 1.32 bits per heavy atom. The number of nitrogens with one attached hydrogen (secondary N) is 2. The van der Waals surface area contributed by atoms with E-state index >= 15 is 0 Å². The summed E-state index contributed by atoms with van der Waals surface area (Å²) in [6.07, 6.45) is 7.29. The molecular formula is C16H19N7O2. The van der Waals surface area contributed by atoms with E-state index < -0.39 is 0 Å². The molecule has 1 saturated carbocycles. The maximum absolute atomic E-state index is 12.0. The third kappa shape index (κ3) is 3.30. The smallest absolute Gasteiger partial charge is 0.325 e. The molecule has 9 nitrogen and oxygen atoms in total. The summed E-state index contributed by atoms with van der Waals surface area (Å²) in [5.41, 5.74) is 2.69. The maximum Gasteiger partial charge on any atom is 0.325 e. The zero-order chi connectivity index (χ0) is 17.2. The van der Waals surface area contributed by atoms with E-state index in [1.807, 2.05) is 4.68 Å². The van der Waals surface area contributed by atoms with Crippen molar-refractivity contribution in [2.24, 2.45) is 0 Å². The van der Waals surface area contributed by atoms with E-state index in [2.05, 4.69) is 31.8 Å². The molecule has 2 aromatic heterocycles. The van der Waals surface area contributed by atoms with Crippen LogP contribution in [0, 0.1) is 0 Å². The van der Waals surface area contributed by atoms with Gasteiger partial charge in [0.05, 0.1) is 12.7 Å². The van der Waals surface area contributed by atoms with Crippen molar-refractivity contribution in [2.45, 2.75) is 25.3 Å². The number of hydrogen-bond donors (Lipinski definition) is 2. The molecule has 2 N–H and O–H groups in total. The van der Waals surface area contributed by atoms with E-state index in [0.717, 1.165) is 29.9 Å². The van der Waals surface area contributed by atoms with Gasteiger partial charge in [0.1, 0.15) is 11.4 Å². The quantitative estimate of drug-likeness (QED) is 0.842. The number of hydrogen-bond acceptors (Lipinski definition) is 5. The van der Waals surface area contributed by atoms with Crippen LogP contribution in [0.3, 0.4) is 0 Å². The number of aromatic nitrogens is 4. The molecule has 1 saturated heterocycles. The van der Waals surface area contributed by atoms with Gasteiger partial charge in [-0.25, -0.2) is 14.5 Å². The molecule has 130 valence electrons. The van der Waals surface area contributed by atoms with Gasteiger partial charge < -0.3 is 10.6 Å². The van der Waals surface area contributed by atoms with E-state index in [4.69, 9.17) is 0 Å². The van der Waals surface area contributed by atoms with Crippen molar-refractivity contribution in [3.8, 4) is 11.4 Å². The maximum atomic E-state index is 12.0. The summed E-state index contributed by atoms with van der Waals surface area (Å²) in [6, 6.07) is 1.33. The van der Waals surface area contributed by atoms with Gasteiger partial charge in [0.2, 0.25) is 0 Å². The fraction of sp³-hybridized carbons (Fsp3) is 0.438. The van der Waals surface area contributed by atoms with Gasteiger partial charge in [0, 0.05) is 43.6 Å². The minimum atomic E-state index is -0.371. The number of rotatable bonds is 5. The molecule has 0 aromatic carbocycles. The molecule has 2 fully saturated rings. The lowest BCUT2D eigenvalue weighted by Gasteiger charge is -2.14. The summed E-state index contributed by atoms with van der Waals surface area (Å²) in [5.74, 6) is 0.526. The normalized spacial score (nSPS) is 16.8. The highest BCUT2D eigenvalue weighted by Gasteiger charge is 2.29.